The van der Waals surface area contributed by atoms with E-state index in [1.54, 1.807) is 19.1 Å². The number of hydrogen-bond donors (Lipinski definition) is 1. The quantitative estimate of drug-likeness (QED) is 0.732. The van der Waals surface area contributed by atoms with Crippen LogP contribution in [0.5, 0.6) is 0 Å². The molecule has 118 valence electrons. The number of nitrogens with zero attached hydrogens (tertiary/aromatic N) is 2. The number of aromatic nitrogens is 2. The van der Waals surface area contributed by atoms with E-state index in [-0.39, 0.29) is 5.56 Å². The van der Waals surface area contributed by atoms with Crippen LogP contribution in [0.3, 0.4) is 0 Å². The monoisotopic (exact) mass is 319 g/mol. The fourth-order valence-electron chi connectivity index (χ4n) is 2.68. The highest BCUT2D eigenvalue weighted by Crippen LogP contribution is 2.29. The van der Waals surface area contributed by atoms with Crippen molar-refractivity contribution in [2.45, 2.75) is 13.8 Å². The average Bonchev–Trinajstić information content (AvgIpc) is 2.54. The van der Waals surface area contributed by atoms with E-state index in [4.69, 9.17) is 0 Å². The Balaban J connectivity index is 2.23. The normalized spacial score (nSPS) is 10.4. The summed E-state index contributed by atoms with van der Waals surface area (Å²) in [6.07, 6.45) is 1.46. The molecule has 0 saturated heterocycles. The summed E-state index contributed by atoms with van der Waals surface area (Å²) in [7, 11) is 0. The van der Waals surface area contributed by atoms with Gasteiger partial charge in [0.25, 0.3) is 5.56 Å². The molecule has 1 N–H and O–H groups in total. The molecule has 3 rings (SSSR count). The lowest BCUT2D eigenvalue weighted by Crippen LogP contribution is -2.12. The van der Waals surface area contributed by atoms with Crippen molar-refractivity contribution in [1.29, 1.82) is 5.26 Å². The summed E-state index contributed by atoms with van der Waals surface area (Å²) in [6, 6.07) is 12.4. The van der Waals surface area contributed by atoms with E-state index in [0.717, 1.165) is 22.3 Å². The molecule has 0 aliphatic rings. The third kappa shape index (κ3) is 2.95. The van der Waals surface area contributed by atoms with Gasteiger partial charge in [-0.15, -0.1) is 0 Å². The van der Waals surface area contributed by atoms with Crippen LogP contribution < -0.4 is 5.56 Å². The van der Waals surface area contributed by atoms with Crippen LogP contribution in [0.15, 0.2) is 47.4 Å². The van der Waals surface area contributed by atoms with Crippen LogP contribution in [0, 0.1) is 31.1 Å². The van der Waals surface area contributed by atoms with Crippen LogP contribution in [0.25, 0.3) is 22.3 Å². The summed E-state index contributed by atoms with van der Waals surface area (Å²) in [4.78, 5) is 18.3. The SMILES string of the molecule is Cc1cc(-c2ccc(F)nc2)cc(-c2cc(C)[nH]c(=O)c2C#N)c1. The number of aromatic amines is 1. The molecule has 1 aromatic carbocycles. The Morgan fingerprint density at radius 1 is 1.08 bits per heavy atom. The van der Waals surface area contributed by atoms with Gasteiger partial charge in [0.05, 0.1) is 0 Å². The van der Waals surface area contributed by atoms with Gasteiger partial charge in [-0.3, -0.25) is 4.79 Å². The largest absolute Gasteiger partial charge is 0.325 e. The Labute approximate surface area is 138 Å². The lowest BCUT2D eigenvalue weighted by Gasteiger charge is -2.10. The molecule has 0 unspecified atom stereocenters. The van der Waals surface area contributed by atoms with Gasteiger partial charge in [-0.2, -0.15) is 9.65 Å². The Kier molecular flexibility index (Phi) is 3.97. The second kappa shape index (κ2) is 6.09. The van der Waals surface area contributed by atoms with Gasteiger partial charge >= 0.3 is 0 Å². The summed E-state index contributed by atoms with van der Waals surface area (Å²) < 4.78 is 13.0. The Hall–Kier alpha value is -3.26. The van der Waals surface area contributed by atoms with Crippen LogP contribution in [0.4, 0.5) is 4.39 Å². The first-order chi connectivity index (χ1) is 11.5. The molecule has 2 aromatic heterocycles. The first-order valence-electron chi connectivity index (χ1n) is 7.36. The highest BCUT2D eigenvalue weighted by molar-refractivity contribution is 5.77. The third-order valence-electron chi connectivity index (χ3n) is 3.73. The molecule has 4 nitrogen and oxygen atoms in total. The second-order valence-corrected chi connectivity index (χ2v) is 5.64. The smallest absolute Gasteiger partial charge is 0.266 e. The van der Waals surface area contributed by atoms with Crippen LogP contribution in [0.2, 0.25) is 0 Å². The number of H-pyrrole nitrogens is 1. The average molecular weight is 319 g/mol. The van der Waals surface area contributed by atoms with E-state index < -0.39 is 11.5 Å². The number of rotatable bonds is 2. The van der Waals surface area contributed by atoms with Crippen LogP contribution in [-0.4, -0.2) is 9.97 Å². The number of hydrogen-bond acceptors (Lipinski definition) is 3. The van der Waals surface area contributed by atoms with Gasteiger partial charge in [0.2, 0.25) is 5.95 Å². The van der Waals surface area contributed by atoms with Gasteiger partial charge in [-0.25, -0.2) is 4.98 Å². The first kappa shape index (κ1) is 15.6. The molecule has 0 atom stereocenters. The molecule has 0 saturated carbocycles. The summed E-state index contributed by atoms with van der Waals surface area (Å²) in [6.45, 7) is 3.70. The number of benzene rings is 1. The lowest BCUT2D eigenvalue weighted by molar-refractivity contribution is 0.584. The van der Waals surface area contributed by atoms with Gasteiger partial charge in [0.15, 0.2) is 0 Å². The van der Waals surface area contributed by atoms with E-state index in [0.29, 0.717) is 11.3 Å². The minimum atomic E-state index is -0.538. The molecule has 3 aromatic rings. The van der Waals surface area contributed by atoms with Crippen molar-refractivity contribution in [2.24, 2.45) is 0 Å². The summed E-state index contributed by atoms with van der Waals surface area (Å²) in [5.41, 5.74) is 4.28. The molecular weight excluding hydrogens is 305 g/mol. The van der Waals surface area contributed by atoms with Gasteiger partial charge in [-0.1, -0.05) is 12.1 Å². The standard InChI is InChI=1S/C19H14FN3O/c1-11-5-14(13-3-4-18(20)22-10-13)8-15(6-11)16-7-12(2)23-19(24)17(16)9-21/h3-8,10H,1-2H3,(H,23,24). The van der Waals surface area contributed by atoms with Gasteiger partial charge in [0.1, 0.15) is 11.6 Å². The predicted molar refractivity (Wildman–Crippen MR) is 89.9 cm³/mol. The Bertz CT molecular complexity index is 1010. The fourth-order valence-corrected chi connectivity index (χ4v) is 2.68. The highest BCUT2D eigenvalue weighted by atomic mass is 19.1. The van der Waals surface area contributed by atoms with Gasteiger partial charge < -0.3 is 4.98 Å². The number of nitrogens with one attached hydrogen (secondary N) is 1. The van der Waals surface area contributed by atoms with Gasteiger partial charge in [-0.05, 0) is 54.8 Å². The molecule has 24 heavy (non-hydrogen) atoms. The van der Waals surface area contributed by atoms with E-state index >= 15 is 0 Å². The highest BCUT2D eigenvalue weighted by Gasteiger charge is 2.12. The number of pyridine rings is 2. The van der Waals surface area contributed by atoms with Crippen molar-refractivity contribution in [3.05, 3.63) is 75.7 Å². The van der Waals surface area contributed by atoms with Crippen LogP contribution >= 0.6 is 0 Å². The number of nitriles is 1. The summed E-state index contributed by atoms with van der Waals surface area (Å²) in [5.74, 6) is -0.538. The summed E-state index contributed by atoms with van der Waals surface area (Å²) >= 11 is 0. The maximum absolute atomic E-state index is 13.0. The maximum atomic E-state index is 13.0. The van der Waals surface area contributed by atoms with Crippen molar-refractivity contribution < 1.29 is 4.39 Å². The van der Waals surface area contributed by atoms with Crippen molar-refractivity contribution in [3.8, 4) is 28.3 Å². The maximum Gasteiger partial charge on any atom is 0.266 e. The van der Waals surface area contributed by atoms with Crippen molar-refractivity contribution in [1.82, 2.24) is 9.97 Å². The van der Waals surface area contributed by atoms with Crippen molar-refractivity contribution >= 4 is 0 Å². The van der Waals surface area contributed by atoms with E-state index in [2.05, 4.69) is 9.97 Å². The molecule has 2 heterocycles. The van der Waals surface area contributed by atoms with Crippen molar-refractivity contribution in [3.63, 3.8) is 0 Å². The molecule has 0 bridgehead atoms. The number of aryl methyl sites for hydroxylation is 2. The van der Waals surface area contributed by atoms with Crippen LogP contribution in [0.1, 0.15) is 16.8 Å². The number of halogens is 1. The lowest BCUT2D eigenvalue weighted by atomic mass is 9.95. The molecule has 0 aliphatic heterocycles. The molecular formula is C19H14FN3O. The topological polar surface area (TPSA) is 69.5 Å². The zero-order chi connectivity index (χ0) is 17.3. The molecule has 0 spiro atoms. The van der Waals surface area contributed by atoms with E-state index in [1.807, 2.05) is 31.2 Å². The first-order valence-corrected chi connectivity index (χ1v) is 7.36. The minimum absolute atomic E-state index is 0.0781. The third-order valence-corrected chi connectivity index (χ3v) is 3.73. The van der Waals surface area contributed by atoms with E-state index in [1.165, 1.54) is 12.3 Å². The molecule has 0 aliphatic carbocycles. The Morgan fingerprint density at radius 2 is 1.83 bits per heavy atom. The molecule has 0 radical (unpaired) electrons. The Morgan fingerprint density at radius 3 is 2.50 bits per heavy atom. The molecule has 0 amide bonds. The second-order valence-electron chi connectivity index (χ2n) is 5.64. The van der Waals surface area contributed by atoms with Crippen molar-refractivity contribution in [2.75, 3.05) is 0 Å². The van der Waals surface area contributed by atoms with Crippen LogP contribution in [-0.2, 0) is 0 Å². The molecule has 0 fully saturated rings. The van der Waals surface area contributed by atoms with E-state index in [9.17, 15) is 14.4 Å². The zero-order valence-corrected chi connectivity index (χ0v) is 13.2. The summed E-state index contributed by atoms with van der Waals surface area (Å²) in [5, 5.41) is 9.32. The van der Waals surface area contributed by atoms with Gasteiger partial charge in [0, 0.05) is 23.0 Å². The zero-order valence-electron chi connectivity index (χ0n) is 13.2. The fraction of sp³-hybridized carbons (Fsp3) is 0.105. The molecule has 5 heteroatoms. The predicted octanol–water partition coefficient (Wildman–Crippen LogP) is 3.73. The minimum Gasteiger partial charge on any atom is -0.325 e.